The second kappa shape index (κ2) is 8.05. The molecule has 0 bridgehead atoms. The molecule has 0 aliphatic carbocycles. The van der Waals surface area contributed by atoms with Crippen LogP contribution in [-0.2, 0) is 11.3 Å². The zero-order chi connectivity index (χ0) is 15.9. The number of urea groups is 1. The fourth-order valence-corrected chi connectivity index (χ4v) is 3.05. The summed E-state index contributed by atoms with van der Waals surface area (Å²) in [7, 11) is 0. The molecule has 1 aromatic carbocycles. The molecule has 1 aliphatic heterocycles. The molecule has 1 aliphatic rings. The maximum atomic E-state index is 11.8. The highest BCUT2D eigenvalue weighted by Gasteiger charge is 2.21. The van der Waals surface area contributed by atoms with E-state index in [-0.39, 0.29) is 12.1 Å². The van der Waals surface area contributed by atoms with Crippen LogP contribution in [0, 0.1) is 0 Å². The van der Waals surface area contributed by atoms with Crippen molar-refractivity contribution in [1.29, 1.82) is 0 Å². The molecule has 1 atom stereocenters. The van der Waals surface area contributed by atoms with E-state index in [9.17, 15) is 4.79 Å². The predicted octanol–water partition coefficient (Wildman–Crippen LogP) is 2.17. The smallest absolute Gasteiger partial charge is 0.321 e. The van der Waals surface area contributed by atoms with Crippen molar-refractivity contribution in [2.45, 2.75) is 12.6 Å². The number of morpholine rings is 1. The minimum absolute atomic E-state index is 0.00880. The molecular formula is C16H20N4O2S. The molecule has 1 unspecified atom stereocenters. The predicted molar refractivity (Wildman–Crippen MR) is 90.6 cm³/mol. The van der Waals surface area contributed by atoms with Crippen LogP contribution < -0.4 is 10.6 Å². The number of amides is 2. The summed E-state index contributed by atoms with van der Waals surface area (Å²) in [5, 5.41) is 7.96. The van der Waals surface area contributed by atoms with Gasteiger partial charge in [-0.2, -0.15) is 0 Å². The number of ether oxygens (including phenoxy) is 1. The molecule has 2 heterocycles. The molecule has 2 amide bonds. The topological polar surface area (TPSA) is 66.5 Å². The van der Waals surface area contributed by atoms with Crippen LogP contribution in [0.5, 0.6) is 0 Å². The third-order valence-corrected chi connectivity index (χ3v) is 4.30. The van der Waals surface area contributed by atoms with Gasteiger partial charge in [0.1, 0.15) is 0 Å². The zero-order valence-corrected chi connectivity index (χ0v) is 13.6. The Labute approximate surface area is 139 Å². The van der Waals surface area contributed by atoms with Crippen LogP contribution in [0.3, 0.4) is 0 Å². The summed E-state index contributed by atoms with van der Waals surface area (Å²) in [6.45, 7) is 3.81. The highest BCUT2D eigenvalue weighted by Crippen LogP contribution is 2.11. The van der Waals surface area contributed by atoms with Gasteiger partial charge >= 0.3 is 6.03 Å². The summed E-state index contributed by atoms with van der Waals surface area (Å²) in [4.78, 5) is 18.2. The summed E-state index contributed by atoms with van der Waals surface area (Å²) in [6.07, 6.45) is 1.67. The quantitative estimate of drug-likeness (QED) is 0.881. The van der Waals surface area contributed by atoms with E-state index in [0.717, 1.165) is 19.6 Å². The lowest BCUT2D eigenvalue weighted by Crippen LogP contribution is -2.47. The molecule has 3 rings (SSSR count). The van der Waals surface area contributed by atoms with Crippen LogP contribution >= 0.6 is 11.3 Å². The summed E-state index contributed by atoms with van der Waals surface area (Å²) in [6, 6.07) is 10.1. The van der Waals surface area contributed by atoms with Crippen molar-refractivity contribution in [2.75, 3.05) is 31.6 Å². The number of benzene rings is 1. The Hall–Kier alpha value is -1.96. The lowest BCUT2D eigenvalue weighted by molar-refractivity contribution is -0.0285. The highest BCUT2D eigenvalue weighted by atomic mass is 32.1. The van der Waals surface area contributed by atoms with Gasteiger partial charge in [0.25, 0.3) is 0 Å². The van der Waals surface area contributed by atoms with Crippen molar-refractivity contribution in [2.24, 2.45) is 0 Å². The van der Waals surface area contributed by atoms with Crippen molar-refractivity contribution in [3.8, 4) is 0 Å². The first-order valence-corrected chi connectivity index (χ1v) is 8.50. The van der Waals surface area contributed by atoms with Gasteiger partial charge < -0.3 is 10.1 Å². The maximum Gasteiger partial charge on any atom is 0.321 e. The number of rotatable bonds is 5. The molecule has 122 valence electrons. The second-order valence-electron chi connectivity index (χ2n) is 5.39. The standard InChI is InChI=1S/C16H20N4O2S/c21-15(19-16-17-6-9-23-16)18-10-14-12-20(7-8-22-14)11-13-4-2-1-3-5-13/h1-6,9,14H,7-8,10-12H2,(H2,17,18,19,21). The molecule has 0 spiro atoms. The summed E-state index contributed by atoms with van der Waals surface area (Å²) in [5.74, 6) is 0. The van der Waals surface area contributed by atoms with Crippen LogP contribution in [0.4, 0.5) is 9.93 Å². The number of aromatic nitrogens is 1. The van der Waals surface area contributed by atoms with Crippen molar-refractivity contribution in [3.05, 3.63) is 47.5 Å². The van der Waals surface area contributed by atoms with Gasteiger partial charge in [0.05, 0.1) is 12.7 Å². The molecule has 0 saturated carbocycles. The van der Waals surface area contributed by atoms with Crippen molar-refractivity contribution in [1.82, 2.24) is 15.2 Å². The summed E-state index contributed by atoms with van der Waals surface area (Å²) < 4.78 is 5.73. The minimum Gasteiger partial charge on any atom is -0.374 e. The highest BCUT2D eigenvalue weighted by molar-refractivity contribution is 7.13. The minimum atomic E-state index is -0.247. The van der Waals surface area contributed by atoms with Gasteiger partial charge in [0, 0.05) is 37.8 Å². The van der Waals surface area contributed by atoms with E-state index in [1.165, 1.54) is 16.9 Å². The van der Waals surface area contributed by atoms with E-state index < -0.39 is 0 Å². The maximum absolute atomic E-state index is 11.8. The molecule has 23 heavy (non-hydrogen) atoms. The lowest BCUT2D eigenvalue weighted by Gasteiger charge is -2.33. The molecule has 1 aromatic heterocycles. The molecule has 6 nitrogen and oxygen atoms in total. The summed E-state index contributed by atoms with van der Waals surface area (Å²) >= 11 is 1.39. The Kier molecular flexibility index (Phi) is 5.57. The van der Waals surface area contributed by atoms with E-state index in [4.69, 9.17) is 4.74 Å². The Balaban J connectivity index is 1.42. The Morgan fingerprint density at radius 2 is 2.26 bits per heavy atom. The normalized spacial score (nSPS) is 18.5. The van der Waals surface area contributed by atoms with Crippen molar-refractivity contribution in [3.63, 3.8) is 0 Å². The van der Waals surface area contributed by atoms with Crippen LogP contribution in [0.15, 0.2) is 41.9 Å². The van der Waals surface area contributed by atoms with Crippen LogP contribution in [-0.4, -0.2) is 48.3 Å². The number of nitrogens with one attached hydrogen (secondary N) is 2. The molecule has 1 saturated heterocycles. The van der Waals surface area contributed by atoms with Crippen LogP contribution in [0.1, 0.15) is 5.56 Å². The van der Waals surface area contributed by atoms with E-state index in [0.29, 0.717) is 18.3 Å². The fraction of sp³-hybridized carbons (Fsp3) is 0.375. The van der Waals surface area contributed by atoms with E-state index >= 15 is 0 Å². The van der Waals surface area contributed by atoms with Gasteiger partial charge in [0.15, 0.2) is 5.13 Å². The van der Waals surface area contributed by atoms with Crippen molar-refractivity contribution < 1.29 is 9.53 Å². The first kappa shape index (κ1) is 15.9. The van der Waals surface area contributed by atoms with E-state index in [1.54, 1.807) is 6.20 Å². The first-order chi connectivity index (χ1) is 11.3. The average molecular weight is 332 g/mol. The van der Waals surface area contributed by atoms with Gasteiger partial charge in [0.2, 0.25) is 0 Å². The third-order valence-electron chi connectivity index (χ3n) is 3.61. The SMILES string of the molecule is O=C(NCC1CN(Cc2ccccc2)CCO1)Nc1nccs1. The van der Waals surface area contributed by atoms with Gasteiger partial charge in [-0.05, 0) is 5.56 Å². The first-order valence-electron chi connectivity index (χ1n) is 7.62. The number of hydrogen-bond donors (Lipinski definition) is 2. The lowest BCUT2D eigenvalue weighted by atomic mass is 10.2. The Morgan fingerprint density at radius 1 is 1.39 bits per heavy atom. The van der Waals surface area contributed by atoms with Gasteiger partial charge in [-0.1, -0.05) is 30.3 Å². The molecule has 7 heteroatoms. The molecule has 1 fully saturated rings. The molecule has 2 N–H and O–H groups in total. The van der Waals surface area contributed by atoms with Crippen LogP contribution in [0.25, 0.3) is 0 Å². The number of carbonyl (C=O) groups excluding carboxylic acids is 1. The largest absolute Gasteiger partial charge is 0.374 e. The number of carbonyl (C=O) groups is 1. The fourth-order valence-electron chi connectivity index (χ4n) is 2.52. The van der Waals surface area contributed by atoms with Crippen LogP contribution in [0.2, 0.25) is 0 Å². The molecular weight excluding hydrogens is 312 g/mol. The number of anilines is 1. The van der Waals surface area contributed by atoms with E-state index in [2.05, 4.69) is 44.8 Å². The molecule has 2 aromatic rings. The average Bonchev–Trinajstić information content (AvgIpc) is 3.07. The zero-order valence-electron chi connectivity index (χ0n) is 12.8. The Bertz CT molecular complexity index is 606. The number of thiazole rings is 1. The second-order valence-corrected chi connectivity index (χ2v) is 6.28. The van der Waals surface area contributed by atoms with Crippen molar-refractivity contribution >= 4 is 22.5 Å². The molecule has 0 radical (unpaired) electrons. The van der Waals surface area contributed by atoms with Gasteiger partial charge in [-0.25, -0.2) is 9.78 Å². The monoisotopic (exact) mass is 332 g/mol. The third kappa shape index (κ3) is 5.02. The number of nitrogens with zero attached hydrogens (tertiary/aromatic N) is 2. The Morgan fingerprint density at radius 3 is 3.04 bits per heavy atom. The van der Waals surface area contributed by atoms with Gasteiger partial charge in [-0.3, -0.25) is 10.2 Å². The van der Waals surface area contributed by atoms with E-state index in [1.807, 2.05) is 11.4 Å². The number of hydrogen-bond acceptors (Lipinski definition) is 5. The summed E-state index contributed by atoms with van der Waals surface area (Å²) in [5.41, 5.74) is 1.29. The van der Waals surface area contributed by atoms with Gasteiger partial charge in [-0.15, -0.1) is 11.3 Å².